The summed E-state index contributed by atoms with van der Waals surface area (Å²) < 4.78 is 39.2. The molecule has 1 aromatic carbocycles. The lowest BCUT2D eigenvalue weighted by molar-refractivity contribution is 0.196. The van der Waals surface area contributed by atoms with E-state index in [1.165, 1.54) is 10.4 Å². The van der Waals surface area contributed by atoms with Crippen molar-refractivity contribution in [2.24, 2.45) is 0 Å². The van der Waals surface area contributed by atoms with Crippen LogP contribution in [0, 0.1) is 5.82 Å². The maximum absolute atomic E-state index is 13.0. The molecule has 106 valence electrons. The SMILES string of the molecule is CCN1CCN(S(=O)(=O)c2ccc(F)cc2N)CC1. The fourth-order valence-electron chi connectivity index (χ4n) is 2.18. The lowest BCUT2D eigenvalue weighted by Gasteiger charge is -2.33. The quantitative estimate of drug-likeness (QED) is 0.833. The van der Waals surface area contributed by atoms with Crippen LogP contribution in [0.1, 0.15) is 6.92 Å². The van der Waals surface area contributed by atoms with E-state index < -0.39 is 15.8 Å². The van der Waals surface area contributed by atoms with E-state index in [1.54, 1.807) is 0 Å². The van der Waals surface area contributed by atoms with Crippen LogP contribution < -0.4 is 5.73 Å². The van der Waals surface area contributed by atoms with E-state index in [1.807, 2.05) is 6.92 Å². The summed E-state index contributed by atoms with van der Waals surface area (Å²) >= 11 is 0. The number of rotatable bonds is 3. The smallest absolute Gasteiger partial charge is 0.245 e. The first-order valence-electron chi connectivity index (χ1n) is 6.22. The molecule has 0 amide bonds. The third kappa shape index (κ3) is 2.88. The zero-order valence-corrected chi connectivity index (χ0v) is 11.7. The number of hydrogen-bond donors (Lipinski definition) is 1. The second-order valence-electron chi connectivity index (χ2n) is 4.52. The van der Waals surface area contributed by atoms with Crippen LogP contribution >= 0.6 is 0 Å². The van der Waals surface area contributed by atoms with Crippen LogP contribution in [0.2, 0.25) is 0 Å². The molecule has 1 aliphatic rings. The molecule has 2 rings (SSSR count). The van der Waals surface area contributed by atoms with Crippen LogP contribution in [0.4, 0.5) is 10.1 Å². The second kappa shape index (κ2) is 5.44. The topological polar surface area (TPSA) is 66.6 Å². The highest BCUT2D eigenvalue weighted by Crippen LogP contribution is 2.24. The van der Waals surface area contributed by atoms with Gasteiger partial charge >= 0.3 is 0 Å². The van der Waals surface area contributed by atoms with Gasteiger partial charge in [0.15, 0.2) is 0 Å². The molecule has 1 saturated heterocycles. The number of sulfonamides is 1. The van der Waals surface area contributed by atoms with Crippen molar-refractivity contribution in [3.63, 3.8) is 0 Å². The Bertz CT molecular complexity index is 554. The normalized spacial score (nSPS) is 18.6. The third-order valence-corrected chi connectivity index (χ3v) is 5.34. The van der Waals surface area contributed by atoms with E-state index in [9.17, 15) is 12.8 Å². The molecular formula is C12H18FN3O2S. The third-order valence-electron chi connectivity index (χ3n) is 3.37. The molecule has 1 fully saturated rings. The summed E-state index contributed by atoms with van der Waals surface area (Å²) in [6.45, 7) is 5.24. The summed E-state index contributed by atoms with van der Waals surface area (Å²) in [4.78, 5) is 2.17. The van der Waals surface area contributed by atoms with Gasteiger partial charge in [-0.3, -0.25) is 0 Å². The van der Waals surface area contributed by atoms with Crippen LogP contribution in [-0.2, 0) is 10.0 Å². The predicted octanol–water partition coefficient (Wildman–Crippen LogP) is 0.734. The van der Waals surface area contributed by atoms with E-state index in [-0.39, 0.29) is 10.6 Å². The monoisotopic (exact) mass is 287 g/mol. The molecular weight excluding hydrogens is 269 g/mol. The average molecular weight is 287 g/mol. The molecule has 19 heavy (non-hydrogen) atoms. The van der Waals surface area contributed by atoms with Crippen LogP contribution in [0.15, 0.2) is 23.1 Å². The first kappa shape index (κ1) is 14.2. The van der Waals surface area contributed by atoms with E-state index in [0.717, 1.165) is 18.7 Å². The summed E-state index contributed by atoms with van der Waals surface area (Å²) in [5.41, 5.74) is 5.57. The van der Waals surface area contributed by atoms with Crippen LogP contribution in [-0.4, -0.2) is 50.3 Å². The fourth-order valence-corrected chi connectivity index (χ4v) is 3.70. The van der Waals surface area contributed by atoms with Crippen molar-refractivity contribution in [1.82, 2.24) is 9.21 Å². The Morgan fingerprint density at radius 1 is 1.26 bits per heavy atom. The molecule has 0 atom stereocenters. The maximum atomic E-state index is 13.0. The lowest BCUT2D eigenvalue weighted by Crippen LogP contribution is -2.48. The Morgan fingerprint density at radius 2 is 1.89 bits per heavy atom. The highest BCUT2D eigenvalue weighted by Gasteiger charge is 2.29. The first-order valence-corrected chi connectivity index (χ1v) is 7.66. The van der Waals surface area contributed by atoms with Gasteiger partial charge in [-0.25, -0.2) is 12.8 Å². The van der Waals surface area contributed by atoms with Gasteiger partial charge in [0.25, 0.3) is 0 Å². The van der Waals surface area contributed by atoms with Gasteiger partial charge in [-0.05, 0) is 24.7 Å². The van der Waals surface area contributed by atoms with Crippen LogP contribution in [0.25, 0.3) is 0 Å². The van der Waals surface area contributed by atoms with Gasteiger partial charge in [0.1, 0.15) is 10.7 Å². The minimum absolute atomic E-state index is 0.0150. The number of halogens is 1. The number of hydrogen-bond acceptors (Lipinski definition) is 4. The Hall–Kier alpha value is -1.18. The van der Waals surface area contributed by atoms with Crippen LogP contribution in [0.3, 0.4) is 0 Å². The highest BCUT2D eigenvalue weighted by atomic mass is 32.2. The average Bonchev–Trinajstić information content (AvgIpc) is 2.38. The van der Waals surface area contributed by atoms with Crippen molar-refractivity contribution < 1.29 is 12.8 Å². The standard InChI is InChI=1S/C12H18FN3O2S/c1-2-15-5-7-16(8-6-15)19(17,18)12-4-3-10(13)9-11(12)14/h3-4,9H,2,5-8,14H2,1H3. The Labute approximate surface area is 112 Å². The number of nitrogens with zero attached hydrogens (tertiary/aromatic N) is 2. The van der Waals surface area contributed by atoms with Gasteiger partial charge in [0.05, 0.1) is 5.69 Å². The molecule has 0 bridgehead atoms. The molecule has 1 aromatic rings. The van der Waals surface area contributed by atoms with E-state index in [2.05, 4.69) is 4.90 Å². The lowest BCUT2D eigenvalue weighted by atomic mass is 10.3. The molecule has 0 spiro atoms. The van der Waals surface area contributed by atoms with Gasteiger partial charge in [0, 0.05) is 26.2 Å². The summed E-state index contributed by atoms with van der Waals surface area (Å²) in [6, 6.07) is 3.38. The largest absolute Gasteiger partial charge is 0.398 e. The predicted molar refractivity (Wildman–Crippen MR) is 71.7 cm³/mol. The Balaban J connectivity index is 2.23. The van der Waals surface area contributed by atoms with Crippen molar-refractivity contribution in [2.75, 3.05) is 38.5 Å². The molecule has 0 aromatic heterocycles. The fraction of sp³-hybridized carbons (Fsp3) is 0.500. The molecule has 7 heteroatoms. The summed E-state index contributed by atoms with van der Waals surface area (Å²) in [6.07, 6.45) is 0. The molecule has 0 aliphatic carbocycles. The van der Waals surface area contributed by atoms with Gasteiger partial charge in [-0.15, -0.1) is 0 Å². The minimum Gasteiger partial charge on any atom is -0.398 e. The zero-order valence-electron chi connectivity index (χ0n) is 10.8. The van der Waals surface area contributed by atoms with Crippen molar-refractivity contribution in [2.45, 2.75) is 11.8 Å². The number of nitrogen functional groups attached to an aromatic ring is 1. The summed E-state index contributed by atoms with van der Waals surface area (Å²) in [5.74, 6) is -0.535. The number of likely N-dealkylation sites (N-methyl/N-ethyl adjacent to an activating group) is 1. The highest BCUT2D eigenvalue weighted by molar-refractivity contribution is 7.89. The van der Waals surface area contributed by atoms with Crippen molar-refractivity contribution in [3.05, 3.63) is 24.0 Å². The summed E-state index contributed by atoms with van der Waals surface area (Å²) in [5, 5.41) is 0. The van der Waals surface area contributed by atoms with Gasteiger partial charge in [-0.1, -0.05) is 6.92 Å². The number of nitrogens with two attached hydrogens (primary N) is 1. The van der Waals surface area contributed by atoms with Crippen molar-refractivity contribution in [3.8, 4) is 0 Å². The molecule has 1 heterocycles. The maximum Gasteiger partial charge on any atom is 0.245 e. The zero-order chi connectivity index (χ0) is 14.0. The molecule has 5 nitrogen and oxygen atoms in total. The molecule has 0 saturated carbocycles. The Kier molecular flexibility index (Phi) is 4.07. The van der Waals surface area contributed by atoms with E-state index in [4.69, 9.17) is 5.73 Å². The van der Waals surface area contributed by atoms with Crippen molar-refractivity contribution >= 4 is 15.7 Å². The van der Waals surface area contributed by atoms with Gasteiger partial charge in [-0.2, -0.15) is 4.31 Å². The Morgan fingerprint density at radius 3 is 2.42 bits per heavy atom. The first-order chi connectivity index (χ1) is 8.95. The number of anilines is 1. The van der Waals surface area contributed by atoms with Crippen LogP contribution in [0.5, 0.6) is 0 Å². The van der Waals surface area contributed by atoms with E-state index >= 15 is 0 Å². The minimum atomic E-state index is -3.63. The van der Waals surface area contributed by atoms with Crippen molar-refractivity contribution in [1.29, 1.82) is 0 Å². The second-order valence-corrected chi connectivity index (χ2v) is 6.43. The number of piperazine rings is 1. The molecule has 0 unspecified atom stereocenters. The molecule has 2 N–H and O–H groups in total. The molecule has 0 radical (unpaired) electrons. The van der Waals surface area contributed by atoms with Gasteiger partial charge in [0.2, 0.25) is 10.0 Å². The van der Waals surface area contributed by atoms with Gasteiger partial charge < -0.3 is 10.6 Å². The molecule has 1 aliphatic heterocycles. The number of benzene rings is 1. The van der Waals surface area contributed by atoms with E-state index in [0.29, 0.717) is 26.2 Å². The summed E-state index contributed by atoms with van der Waals surface area (Å²) in [7, 11) is -3.63.